The van der Waals surface area contributed by atoms with E-state index in [9.17, 15) is 5.11 Å². The van der Waals surface area contributed by atoms with E-state index in [0.717, 1.165) is 23.3 Å². The Kier molecular flexibility index (Phi) is 5.17. The van der Waals surface area contributed by atoms with Crippen LogP contribution >= 0.6 is 11.3 Å². The van der Waals surface area contributed by atoms with Crippen molar-refractivity contribution in [2.75, 3.05) is 0 Å². The first-order valence-corrected chi connectivity index (χ1v) is 7.91. The van der Waals surface area contributed by atoms with Crippen molar-refractivity contribution in [1.29, 1.82) is 0 Å². The fourth-order valence-electron chi connectivity index (χ4n) is 2.14. The number of aliphatic hydroxyl groups is 1. The fraction of sp³-hybridized carbons (Fsp3) is 0.412. The van der Waals surface area contributed by atoms with Crippen LogP contribution in [0.2, 0.25) is 0 Å². The van der Waals surface area contributed by atoms with E-state index in [1.165, 1.54) is 23.3 Å². The zero-order valence-electron chi connectivity index (χ0n) is 11.7. The summed E-state index contributed by atoms with van der Waals surface area (Å²) in [7, 11) is 0. The quantitative estimate of drug-likeness (QED) is 0.807. The third-order valence-corrected chi connectivity index (χ3v) is 4.70. The minimum absolute atomic E-state index is 0.481. The first-order chi connectivity index (χ1) is 9.24. The van der Waals surface area contributed by atoms with Crippen LogP contribution in [0.3, 0.4) is 0 Å². The van der Waals surface area contributed by atoms with Gasteiger partial charge in [-0.3, -0.25) is 0 Å². The van der Waals surface area contributed by atoms with Crippen LogP contribution in [0.4, 0.5) is 0 Å². The molecular weight excluding hydrogens is 252 g/mol. The average molecular weight is 274 g/mol. The van der Waals surface area contributed by atoms with Gasteiger partial charge in [-0.1, -0.05) is 44.5 Å². The van der Waals surface area contributed by atoms with Gasteiger partial charge in [-0.15, -0.1) is 11.3 Å². The molecule has 0 spiro atoms. The molecule has 0 fully saturated rings. The molecule has 0 aliphatic carbocycles. The number of hydrogen-bond acceptors (Lipinski definition) is 2. The zero-order valence-corrected chi connectivity index (χ0v) is 12.5. The third kappa shape index (κ3) is 3.68. The number of aryl methyl sites for hydroxylation is 2. The molecule has 0 saturated carbocycles. The van der Waals surface area contributed by atoms with Gasteiger partial charge in [0, 0.05) is 9.75 Å². The number of thiophene rings is 1. The average Bonchev–Trinajstić information content (AvgIpc) is 2.94. The van der Waals surface area contributed by atoms with Crippen molar-refractivity contribution in [3.63, 3.8) is 0 Å². The maximum atomic E-state index is 10.4. The molecule has 0 aliphatic rings. The Balaban J connectivity index is 2.08. The molecule has 102 valence electrons. The number of hydrogen-bond donors (Lipinski definition) is 1. The molecule has 1 nitrogen and oxygen atoms in total. The molecule has 2 rings (SSSR count). The maximum Gasteiger partial charge on any atom is 0.113 e. The predicted molar refractivity (Wildman–Crippen MR) is 82.8 cm³/mol. The van der Waals surface area contributed by atoms with E-state index in [2.05, 4.69) is 44.2 Å². The van der Waals surface area contributed by atoms with Gasteiger partial charge >= 0.3 is 0 Å². The molecule has 1 N–H and O–H groups in total. The highest BCUT2D eigenvalue weighted by atomic mass is 32.1. The Bertz CT molecular complexity index is 498. The topological polar surface area (TPSA) is 20.2 Å². The zero-order chi connectivity index (χ0) is 13.7. The highest BCUT2D eigenvalue weighted by molar-refractivity contribution is 7.12. The minimum Gasteiger partial charge on any atom is -0.383 e. The summed E-state index contributed by atoms with van der Waals surface area (Å²) in [5, 5.41) is 10.4. The van der Waals surface area contributed by atoms with Crippen LogP contribution in [0.25, 0.3) is 0 Å². The van der Waals surface area contributed by atoms with Gasteiger partial charge in [0.1, 0.15) is 6.10 Å². The summed E-state index contributed by atoms with van der Waals surface area (Å²) < 4.78 is 0. The molecule has 19 heavy (non-hydrogen) atoms. The lowest BCUT2D eigenvalue weighted by atomic mass is 10.0. The maximum absolute atomic E-state index is 10.4. The first-order valence-electron chi connectivity index (χ1n) is 7.10. The lowest BCUT2D eigenvalue weighted by Gasteiger charge is -2.10. The van der Waals surface area contributed by atoms with Gasteiger partial charge in [-0.25, -0.2) is 0 Å². The Morgan fingerprint density at radius 1 is 1.05 bits per heavy atom. The van der Waals surface area contributed by atoms with Crippen LogP contribution in [0, 0.1) is 0 Å². The SMILES string of the molecule is CCCCc1ccc(C(O)c2ccc(CC)s2)cc1. The second-order valence-corrected chi connectivity index (χ2v) is 6.11. The summed E-state index contributed by atoms with van der Waals surface area (Å²) in [4.78, 5) is 2.37. The molecular formula is C17H22OS. The molecule has 1 aromatic heterocycles. The van der Waals surface area contributed by atoms with Crippen molar-refractivity contribution < 1.29 is 5.11 Å². The standard InChI is InChI=1S/C17H22OS/c1-3-5-6-13-7-9-14(10-8-13)17(18)16-12-11-15(4-2)19-16/h7-12,17-18H,3-6H2,1-2H3. The molecule has 1 atom stereocenters. The molecule has 2 aromatic rings. The Labute approximate surface area is 119 Å². The lowest BCUT2D eigenvalue weighted by Crippen LogP contribution is -1.97. The van der Waals surface area contributed by atoms with Crippen LogP contribution in [-0.4, -0.2) is 5.11 Å². The molecule has 0 aliphatic heterocycles. The van der Waals surface area contributed by atoms with Crippen LogP contribution in [0.15, 0.2) is 36.4 Å². The van der Waals surface area contributed by atoms with Crippen LogP contribution in [0.1, 0.15) is 53.7 Å². The van der Waals surface area contributed by atoms with E-state index in [1.807, 2.05) is 6.07 Å². The molecule has 0 bridgehead atoms. The molecule has 1 unspecified atom stereocenters. The van der Waals surface area contributed by atoms with E-state index in [1.54, 1.807) is 11.3 Å². The molecule has 2 heteroatoms. The molecule has 0 amide bonds. The summed E-state index contributed by atoms with van der Waals surface area (Å²) in [6, 6.07) is 12.5. The van der Waals surface area contributed by atoms with Crippen molar-refractivity contribution in [3.8, 4) is 0 Å². The van der Waals surface area contributed by atoms with Crippen molar-refractivity contribution in [2.24, 2.45) is 0 Å². The summed E-state index contributed by atoms with van der Waals surface area (Å²) in [5.74, 6) is 0. The number of aliphatic hydroxyl groups excluding tert-OH is 1. The van der Waals surface area contributed by atoms with Crippen LogP contribution in [0.5, 0.6) is 0 Å². The second-order valence-electron chi connectivity index (χ2n) is 4.91. The third-order valence-electron chi connectivity index (χ3n) is 3.41. The van der Waals surface area contributed by atoms with Gasteiger partial charge < -0.3 is 5.11 Å². The summed E-state index contributed by atoms with van der Waals surface area (Å²) >= 11 is 1.70. The van der Waals surface area contributed by atoms with Crippen molar-refractivity contribution in [3.05, 3.63) is 57.3 Å². The number of benzene rings is 1. The van der Waals surface area contributed by atoms with Gasteiger partial charge in [0.2, 0.25) is 0 Å². The summed E-state index contributed by atoms with van der Waals surface area (Å²) in [6.45, 7) is 4.35. The molecule has 1 heterocycles. The molecule has 0 radical (unpaired) electrons. The molecule has 1 aromatic carbocycles. The van der Waals surface area contributed by atoms with E-state index < -0.39 is 6.10 Å². The monoisotopic (exact) mass is 274 g/mol. The van der Waals surface area contributed by atoms with Crippen molar-refractivity contribution >= 4 is 11.3 Å². The van der Waals surface area contributed by atoms with E-state index in [-0.39, 0.29) is 0 Å². The van der Waals surface area contributed by atoms with Gasteiger partial charge in [-0.05, 0) is 42.5 Å². The van der Waals surface area contributed by atoms with Crippen molar-refractivity contribution in [1.82, 2.24) is 0 Å². The van der Waals surface area contributed by atoms with Gasteiger partial charge in [0.15, 0.2) is 0 Å². The van der Waals surface area contributed by atoms with Gasteiger partial charge in [0.25, 0.3) is 0 Å². The number of rotatable bonds is 6. The normalized spacial score (nSPS) is 12.6. The fourth-order valence-corrected chi connectivity index (χ4v) is 3.11. The highest BCUT2D eigenvalue weighted by Crippen LogP contribution is 2.28. The lowest BCUT2D eigenvalue weighted by molar-refractivity contribution is 0.224. The largest absolute Gasteiger partial charge is 0.383 e. The van der Waals surface area contributed by atoms with E-state index in [0.29, 0.717) is 0 Å². The number of unbranched alkanes of at least 4 members (excludes halogenated alkanes) is 1. The highest BCUT2D eigenvalue weighted by Gasteiger charge is 2.12. The van der Waals surface area contributed by atoms with Gasteiger partial charge in [-0.2, -0.15) is 0 Å². The van der Waals surface area contributed by atoms with Crippen LogP contribution in [-0.2, 0) is 12.8 Å². The van der Waals surface area contributed by atoms with E-state index >= 15 is 0 Å². The van der Waals surface area contributed by atoms with Gasteiger partial charge in [0.05, 0.1) is 0 Å². The summed E-state index contributed by atoms with van der Waals surface area (Å²) in [5.41, 5.74) is 2.35. The molecule has 0 saturated heterocycles. The minimum atomic E-state index is -0.481. The second kappa shape index (κ2) is 6.88. The van der Waals surface area contributed by atoms with Crippen molar-refractivity contribution in [2.45, 2.75) is 45.6 Å². The predicted octanol–water partition coefficient (Wildman–Crippen LogP) is 4.73. The van der Waals surface area contributed by atoms with E-state index in [4.69, 9.17) is 0 Å². The van der Waals surface area contributed by atoms with Crippen LogP contribution < -0.4 is 0 Å². The Morgan fingerprint density at radius 3 is 2.37 bits per heavy atom. The summed E-state index contributed by atoms with van der Waals surface area (Å²) in [6.07, 6.45) is 4.14. The smallest absolute Gasteiger partial charge is 0.113 e. The Morgan fingerprint density at radius 2 is 1.79 bits per heavy atom. The first kappa shape index (κ1) is 14.3. The Hall–Kier alpha value is -1.12.